The van der Waals surface area contributed by atoms with Gasteiger partial charge in [0.1, 0.15) is 0 Å². The molecule has 0 radical (unpaired) electrons. The summed E-state index contributed by atoms with van der Waals surface area (Å²) in [6.45, 7) is 0.287. The maximum atomic E-state index is 12.7. The van der Waals surface area contributed by atoms with Gasteiger partial charge in [-0.25, -0.2) is 0 Å². The van der Waals surface area contributed by atoms with Crippen LogP contribution in [-0.2, 0) is 19.4 Å². The highest BCUT2D eigenvalue weighted by atomic mass is 16.5. The van der Waals surface area contributed by atoms with Crippen LogP contribution in [0.1, 0.15) is 40.2 Å². The van der Waals surface area contributed by atoms with Gasteiger partial charge in [-0.1, -0.05) is 41.6 Å². The summed E-state index contributed by atoms with van der Waals surface area (Å²) in [5.74, 6) is 0.936. The molecule has 1 aliphatic carbocycles. The number of hydrogen-bond donors (Lipinski definition) is 0. The van der Waals surface area contributed by atoms with Gasteiger partial charge in [0.15, 0.2) is 0 Å². The molecule has 0 fully saturated rings. The molecule has 0 saturated heterocycles. The van der Waals surface area contributed by atoms with Crippen LogP contribution in [0.2, 0.25) is 0 Å². The van der Waals surface area contributed by atoms with Gasteiger partial charge in [-0.15, -0.1) is 0 Å². The zero-order valence-corrected chi connectivity index (χ0v) is 14.8. The van der Waals surface area contributed by atoms with Crippen LogP contribution in [0.3, 0.4) is 0 Å². The van der Waals surface area contributed by atoms with Crippen LogP contribution in [0.4, 0.5) is 0 Å². The fourth-order valence-corrected chi connectivity index (χ4v) is 3.39. The number of aryl methyl sites for hydroxylation is 2. The minimum atomic E-state index is -0.0298. The third-order valence-corrected chi connectivity index (χ3v) is 4.81. The van der Waals surface area contributed by atoms with Crippen molar-refractivity contribution in [1.82, 2.24) is 15.0 Å². The number of aromatic nitrogens is 2. The van der Waals surface area contributed by atoms with Gasteiger partial charge in [0.25, 0.3) is 5.91 Å². The molecule has 1 heterocycles. The Morgan fingerprint density at radius 1 is 1.08 bits per heavy atom. The number of fused-ring (bicyclic) bond motifs is 1. The molecule has 0 spiro atoms. The Morgan fingerprint density at radius 2 is 1.85 bits per heavy atom. The highest BCUT2D eigenvalue weighted by Gasteiger charge is 2.18. The minimum absolute atomic E-state index is 0.0298. The van der Waals surface area contributed by atoms with Gasteiger partial charge in [-0.05, 0) is 48.9 Å². The molecule has 132 valence electrons. The van der Waals surface area contributed by atoms with Crippen LogP contribution in [0, 0.1) is 0 Å². The summed E-state index contributed by atoms with van der Waals surface area (Å²) in [6, 6.07) is 15.7. The number of carbonyl (C=O) groups is 1. The predicted octanol–water partition coefficient (Wildman–Crippen LogP) is 3.89. The minimum Gasteiger partial charge on any atom is -0.337 e. The zero-order chi connectivity index (χ0) is 17.9. The highest BCUT2D eigenvalue weighted by Crippen LogP contribution is 2.23. The summed E-state index contributed by atoms with van der Waals surface area (Å²) in [5, 5.41) is 4.01. The van der Waals surface area contributed by atoms with Crippen LogP contribution in [0.5, 0.6) is 0 Å². The molecule has 0 N–H and O–H groups in total. The van der Waals surface area contributed by atoms with Gasteiger partial charge < -0.3 is 9.42 Å². The SMILES string of the molecule is CN(Cc1nc(-c2ccccc2)no1)C(=O)c1ccc2c(c1)CCCC2. The van der Waals surface area contributed by atoms with E-state index in [1.807, 2.05) is 42.5 Å². The van der Waals surface area contributed by atoms with Crippen LogP contribution < -0.4 is 0 Å². The molecule has 0 bridgehead atoms. The van der Waals surface area contributed by atoms with Crippen molar-refractivity contribution >= 4 is 5.91 Å². The van der Waals surface area contributed by atoms with E-state index < -0.39 is 0 Å². The van der Waals surface area contributed by atoms with Crippen molar-refractivity contribution < 1.29 is 9.32 Å². The molecule has 1 amide bonds. The Labute approximate surface area is 152 Å². The lowest BCUT2D eigenvalue weighted by atomic mass is 9.90. The van der Waals surface area contributed by atoms with Crippen LogP contribution in [-0.4, -0.2) is 28.0 Å². The highest BCUT2D eigenvalue weighted by molar-refractivity contribution is 5.94. The summed E-state index contributed by atoms with van der Waals surface area (Å²) < 4.78 is 5.31. The second-order valence-corrected chi connectivity index (χ2v) is 6.73. The Kier molecular flexibility index (Phi) is 4.52. The topological polar surface area (TPSA) is 59.2 Å². The van der Waals surface area contributed by atoms with E-state index in [9.17, 15) is 4.79 Å². The molecule has 1 aliphatic rings. The first kappa shape index (κ1) is 16.5. The van der Waals surface area contributed by atoms with E-state index >= 15 is 0 Å². The van der Waals surface area contributed by atoms with Crippen molar-refractivity contribution in [2.45, 2.75) is 32.2 Å². The molecule has 5 nitrogen and oxygen atoms in total. The molecule has 4 rings (SSSR count). The molecule has 5 heteroatoms. The van der Waals surface area contributed by atoms with E-state index in [1.165, 1.54) is 24.0 Å². The van der Waals surface area contributed by atoms with E-state index in [0.29, 0.717) is 11.7 Å². The van der Waals surface area contributed by atoms with Gasteiger partial charge in [0.05, 0.1) is 6.54 Å². The first-order chi connectivity index (χ1) is 12.7. The van der Waals surface area contributed by atoms with Gasteiger partial charge in [0, 0.05) is 18.2 Å². The summed E-state index contributed by atoms with van der Waals surface area (Å²) in [7, 11) is 1.76. The number of nitrogens with zero attached hydrogens (tertiary/aromatic N) is 3. The molecule has 0 unspecified atom stereocenters. The van der Waals surface area contributed by atoms with E-state index in [-0.39, 0.29) is 12.5 Å². The van der Waals surface area contributed by atoms with E-state index in [1.54, 1.807) is 11.9 Å². The third kappa shape index (κ3) is 3.38. The van der Waals surface area contributed by atoms with Crippen molar-refractivity contribution in [2.24, 2.45) is 0 Å². The van der Waals surface area contributed by atoms with Gasteiger partial charge >= 0.3 is 0 Å². The van der Waals surface area contributed by atoms with Gasteiger partial charge in [0.2, 0.25) is 11.7 Å². The summed E-state index contributed by atoms with van der Waals surface area (Å²) in [6.07, 6.45) is 4.61. The number of hydrogen-bond acceptors (Lipinski definition) is 4. The van der Waals surface area contributed by atoms with E-state index in [2.05, 4.69) is 16.2 Å². The molecule has 3 aromatic rings. The fourth-order valence-electron chi connectivity index (χ4n) is 3.39. The van der Waals surface area contributed by atoms with Crippen LogP contribution in [0.25, 0.3) is 11.4 Å². The zero-order valence-electron chi connectivity index (χ0n) is 14.8. The second-order valence-electron chi connectivity index (χ2n) is 6.73. The lowest BCUT2D eigenvalue weighted by molar-refractivity contribution is 0.0769. The Morgan fingerprint density at radius 3 is 2.65 bits per heavy atom. The van der Waals surface area contributed by atoms with Crippen LogP contribution >= 0.6 is 0 Å². The molecule has 2 aromatic carbocycles. The predicted molar refractivity (Wildman–Crippen MR) is 98.6 cm³/mol. The first-order valence-electron chi connectivity index (χ1n) is 8.96. The van der Waals surface area contributed by atoms with Crippen molar-refractivity contribution in [2.75, 3.05) is 7.05 Å². The van der Waals surface area contributed by atoms with Crippen molar-refractivity contribution in [3.8, 4) is 11.4 Å². The van der Waals surface area contributed by atoms with Gasteiger partial charge in [-0.2, -0.15) is 4.98 Å². The standard InChI is InChI=1S/C21H21N3O2/c1-24(14-19-22-20(23-26-19)16-8-3-2-4-9-16)21(25)18-12-11-15-7-5-6-10-17(15)13-18/h2-4,8-9,11-13H,5-7,10,14H2,1H3. The number of benzene rings is 2. The first-order valence-corrected chi connectivity index (χ1v) is 8.96. The quantitative estimate of drug-likeness (QED) is 0.718. The molecular weight excluding hydrogens is 326 g/mol. The molecule has 1 aromatic heterocycles. The Bertz CT molecular complexity index is 918. The summed E-state index contributed by atoms with van der Waals surface area (Å²) in [4.78, 5) is 18.8. The maximum Gasteiger partial charge on any atom is 0.254 e. The smallest absolute Gasteiger partial charge is 0.254 e. The van der Waals surface area contributed by atoms with Crippen LogP contribution in [0.15, 0.2) is 53.1 Å². The number of amides is 1. The largest absolute Gasteiger partial charge is 0.337 e. The molecular formula is C21H21N3O2. The van der Waals surface area contributed by atoms with Crippen molar-refractivity contribution in [3.05, 3.63) is 71.1 Å². The van der Waals surface area contributed by atoms with Crippen molar-refractivity contribution in [1.29, 1.82) is 0 Å². The van der Waals surface area contributed by atoms with E-state index in [0.717, 1.165) is 24.0 Å². The monoisotopic (exact) mass is 347 g/mol. The molecule has 0 aliphatic heterocycles. The normalized spacial score (nSPS) is 13.3. The summed E-state index contributed by atoms with van der Waals surface area (Å²) in [5.41, 5.74) is 4.29. The number of carbonyl (C=O) groups excluding carboxylic acids is 1. The average molecular weight is 347 g/mol. The van der Waals surface area contributed by atoms with E-state index in [4.69, 9.17) is 4.52 Å². The molecule has 0 atom stereocenters. The fraction of sp³-hybridized carbons (Fsp3) is 0.286. The lowest BCUT2D eigenvalue weighted by Crippen LogP contribution is -2.26. The number of rotatable bonds is 4. The second kappa shape index (κ2) is 7.12. The average Bonchev–Trinajstić information content (AvgIpc) is 3.16. The maximum absolute atomic E-state index is 12.7. The lowest BCUT2D eigenvalue weighted by Gasteiger charge is -2.19. The Hall–Kier alpha value is -2.95. The van der Waals surface area contributed by atoms with Gasteiger partial charge in [-0.3, -0.25) is 4.79 Å². The third-order valence-electron chi connectivity index (χ3n) is 4.81. The Balaban J connectivity index is 1.47. The molecule has 0 saturated carbocycles. The van der Waals surface area contributed by atoms with Crippen molar-refractivity contribution in [3.63, 3.8) is 0 Å². The summed E-state index contributed by atoms with van der Waals surface area (Å²) >= 11 is 0. The molecule has 26 heavy (non-hydrogen) atoms.